The van der Waals surface area contributed by atoms with Gasteiger partial charge in [-0.15, -0.1) is 0 Å². The van der Waals surface area contributed by atoms with Gasteiger partial charge in [0.1, 0.15) is 0 Å². The van der Waals surface area contributed by atoms with Crippen LogP contribution in [0.1, 0.15) is 0 Å². The molecule has 280 valence electrons. The Kier molecular flexibility index (Phi) is 17.6. The van der Waals surface area contributed by atoms with Crippen LogP contribution in [-0.4, -0.2) is 0 Å². The maximum absolute atomic E-state index is 2.45. The van der Waals surface area contributed by atoms with Crippen molar-refractivity contribution in [3.63, 3.8) is 0 Å². The molecule has 8 rings (SSSR count). The molecule has 0 N–H and O–H groups in total. The Labute approximate surface area is 358 Å². The van der Waals surface area contributed by atoms with Crippen LogP contribution in [0.25, 0.3) is 0 Å². The minimum atomic E-state index is -0.528. The molecule has 0 saturated carbocycles. The summed E-state index contributed by atoms with van der Waals surface area (Å²) in [4.78, 5) is 0. The van der Waals surface area contributed by atoms with Gasteiger partial charge >= 0.3 is 19.8 Å². The maximum atomic E-state index is 2.45. The predicted molar refractivity (Wildman–Crippen MR) is 253 cm³/mol. The smallest absolute Gasteiger partial charge is 0.454 e. The second kappa shape index (κ2) is 23.5. The van der Waals surface area contributed by atoms with Crippen molar-refractivity contribution < 1.29 is 19.8 Å². The van der Waals surface area contributed by atoms with Crippen LogP contribution in [0.4, 0.5) is 0 Å². The monoisotopic (exact) mass is 984 g/mol. The number of benzene rings is 8. The van der Waals surface area contributed by atoms with Crippen LogP contribution in [0.2, 0.25) is 0 Å². The van der Waals surface area contributed by atoms with Gasteiger partial charge in [-0.05, 0) is 0 Å². The van der Waals surface area contributed by atoms with Crippen LogP contribution in [0, 0.1) is 24.6 Å². The molecular formula is C52H44OsP4. The van der Waals surface area contributed by atoms with E-state index in [1.807, 2.05) is 0 Å². The fraction of sp³-hybridized carbons (Fsp3) is 0. The molecule has 57 heavy (non-hydrogen) atoms. The molecule has 0 aliphatic carbocycles. The SMILES string of the molecule is [Os+4].c1ccc(P([CH-][CH-]P(c2ccccc2)c2ccccc2)c2ccccc2)cc1.c1ccc(P([CH-][CH-]P(c2ccccc2)c2ccccc2)c2ccccc2)cc1. The first-order valence-electron chi connectivity index (χ1n) is 18.8. The Morgan fingerprint density at radius 3 is 0.386 bits per heavy atom. The van der Waals surface area contributed by atoms with Crippen LogP contribution in [0.15, 0.2) is 243 Å². The summed E-state index contributed by atoms with van der Waals surface area (Å²) in [5.74, 6) is 0. The molecule has 0 aromatic heterocycles. The van der Waals surface area contributed by atoms with Gasteiger partial charge in [-0.1, -0.05) is 285 Å². The van der Waals surface area contributed by atoms with Gasteiger partial charge in [0.2, 0.25) is 0 Å². The quantitative estimate of drug-likeness (QED) is 0.0752. The topological polar surface area (TPSA) is 0 Å². The van der Waals surface area contributed by atoms with Crippen molar-refractivity contribution in [2.75, 3.05) is 0 Å². The second-order valence-corrected chi connectivity index (χ2v) is 21.0. The minimum Gasteiger partial charge on any atom is -0.454 e. The van der Waals surface area contributed by atoms with Crippen LogP contribution in [0.3, 0.4) is 0 Å². The van der Waals surface area contributed by atoms with Gasteiger partial charge in [0.15, 0.2) is 0 Å². The Balaban J connectivity index is 0.000000189. The molecule has 0 aliphatic rings. The van der Waals surface area contributed by atoms with Crippen LogP contribution < -0.4 is 42.4 Å². The molecule has 0 atom stereocenters. The molecular weight excluding hydrogens is 939 g/mol. The van der Waals surface area contributed by atoms with Crippen molar-refractivity contribution in [3.8, 4) is 0 Å². The summed E-state index contributed by atoms with van der Waals surface area (Å²) in [6.45, 7) is 0. The van der Waals surface area contributed by atoms with E-state index >= 15 is 0 Å². The molecule has 0 saturated heterocycles. The van der Waals surface area contributed by atoms with E-state index < -0.39 is 31.7 Å². The summed E-state index contributed by atoms with van der Waals surface area (Å²) in [5, 5.41) is 11.1. The molecule has 0 nitrogen and oxygen atoms in total. The second-order valence-electron chi connectivity index (χ2n) is 12.8. The first-order valence-corrected chi connectivity index (χ1v) is 24.4. The van der Waals surface area contributed by atoms with Crippen molar-refractivity contribution in [2.45, 2.75) is 0 Å². The third kappa shape index (κ3) is 12.6. The molecule has 5 heteroatoms. The summed E-state index contributed by atoms with van der Waals surface area (Å²) in [5.41, 5.74) is 0. The molecule has 0 fully saturated rings. The zero-order valence-electron chi connectivity index (χ0n) is 31.5. The molecule has 8 aromatic rings. The van der Waals surface area contributed by atoms with E-state index in [1.165, 1.54) is 42.4 Å². The summed E-state index contributed by atoms with van der Waals surface area (Å²) >= 11 is 0. The van der Waals surface area contributed by atoms with Gasteiger partial charge in [-0.3, -0.25) is 0 Å². The van der Waals surface area contributed by atoms with Crippen LogP contribution >= 0.6 is 31.7 Å². The van der Waals surface area contributed by atoms with Crippen LogP contribution in [0.5, 0.6) is 0 Å². The van der Waals surface area contributed by atoms with Crippen molar-refractivity contribution in [1.29, 1.82) is 0 Å². The fourth-order valence-corrected chi connectivity index (χ4v) is 14.9. The average Bonchev–Trinajstić information content (AvgIpc) is 3.29. The minimum absolute atomic E-state index is 0. The number of rotatable bonds is 14. The summed E-state index contributed by atoms with van der Waals surface area (Å²) < 4.78 is 0. The van der Waals surface area contributed by atoms with Crippen molar-refractivity contribution in [2.24, 2.45) is 0 Å². The predicted octanol–water partition coefficient (Wildman–Crippen LogP) is 11.1. The molecule has 0 unspecified atom stereocenters. The standard InChI is InChI=1S/2C26H22P2.Os/c2*1-5-13-23(14-6-1)27(24-15-7-2-8-16-24)21-22-28(25-17-9-3-10-18-25)26-19-11-4-12-20-26;/h2*1-22H;/q2*-2;+4. The fourth-order valence-electron chi connectivity index (χ4n) is 6.26. The van der Waals surface area contributed by atoms with E-state index in [4.69, 9.17) is 0 Å². The van der Waals surface area contributed by atoms with E-state index in [0.29, 0.717) is 0 Å². The maximum Gasteiger partial charge on any atom is 4.00 e. The zero-order valence-corrected chi connectivity index (χ0v) is 37.7. The molecule has 8 aromatic carbocycles. The summed E-state index contributed by atoms with van der Waals surface area (Å²) in [6, 6.07) is 86.9. The Morgan fingerprint density at radius 1 is 0.175 bits per heavy atom. The molecule has 0 radical (unpaired) electrons. The molecule has 0 aliphatic heterocycles. The normalized spacial score (nSPS) is 10.9. The van der Waals surface area contributed by atoms with Crippen molar-refractivity contribution >= 4 is 74.1 Å². The zero-order chi connectivity index (χ0) is 38.0. The average molecular weight is 983 g/mol. The van der Waals surface area contributed by atoms with E-state index in [1.54, 1.807) is 0 Å². The largest absolute Gasteiger partial charge is 4.00 e. The Bertz CT molecular complexity index is 1760. The first-order chi connectivity index (χ1) is 27.8. The van der Waals surface area contributed by atoms with E-state index in [0.717, 1.165) is 0 Å². The molecule has 0 heterocycles. The summed E-state index contributed by atoms with van der Waals surface area (Å²) in [6.07, 6.45) is 9.80. The van der Waals surface area contributed by atoms with Gasteiger partial charge in [-0.2, -0.15) is 0 Å². The van der Waals surface area contributed by atoms with E-state index in [9.17, 15) is 0 Å². The summed E-state index contributed by atoms with van der Waals surface area (Å²) in [7, 11) is -2.11. The van der Waals surface area contributed by atoms with Crippen LogP contribution in [-0.2, 0) is 19.8 Å². The Morgan fingerprint density at radius 2 is 0.281 bits per heavy atom. The van der Waals surface area contributed by atoms with Gasteiger partial charge in [0, 0.05) is 0 Å². The van der Waals surface area contributed by atoms with Gasteiger partial charge < -0.3 is 24.6 Å². The molecule has 0 spiro atoms. The van der Waals surface area contributed by atoms with E-state index in [-0.39, 0.29) is 19.8 Å². The number of hydrogen-bond donors (Lipinski definition) is 0. The molecule has 0 amide bonds. The van der Waals surface area contributed by atoms with Crippen molar-refractivity contribution in [1.82, 2.24) is 0 Å². The van der Waals surface area contributed by atoms with E-state index in [2.05, 4.69) is 267 Å². The van der Waals surface area contributed by atoms with Gasteiger partial charge in [0.05, 0.1) is 0 Å². The molecule has 0 bridgehead atoms. The number of hydrogen-bond acceptors (Lipinski definition) is 0. The third-order valence-electron chi connectivity index (χ3n) is 9.00. The third-order valence-corrected chi connectivity index (χ3v) is 18.1. The Hall–Kier alpha value is -3.88. The van der Waals surface area contributed by atoms with Gasteiger partial charge in [0.25, 0.3) is 0 Å². The van der Waals surface area contributed by atoms with Crippen molar-refractivity contribution in [3.05, 3.63) is 267 Å². The van der Waals surface area contributed by atoms with Gasteiger partial charge in [-0.25, -0.2) is 31.7 Å². The first kappa shape index (κ1) is 42.7.